The monoisotopic (exact) mass is 287 g/mol. The highest BCUT2D eigenvalue weighted by Gasteiger charge is 1.96. The maximum absolute atomic E-state index is 8.69. The average molecular weight is 288 g/mol. The number of pyridine rings is 1. The number of benzene rings is 1. The first-order valence-corrected chi connectivity index (χ1v) is 5.93. The van der Waals surface area contributed by atoms with Gasteiger partial charge in [-0.25, -0.2) is 4.98 Å². The van der Waals surface area contributed by atoms with Crippen LogP contribution in [0.25, 0.3) is 0 Å². The number of hydrogen-bond donors (Lipinski definition) is 1. The van der Waals surface area contributed by atoms with E-state index in [0.29, 0.717) is 12.1 Å². The predicted molar refractivity (Wildman–Crippen MR) is 70.4 cm³/mol. The van der Waals surface area contributed by atoms with E-state index in [1.165, 1.54) is 0 Å². The van der Waals surface area contributed by atoms with Gasteiger partial charge in [0.25, 0.3) is 0 Å². The molecule has 84 valence electrons. The van der Waals surface area contributed by atoms with Crippen molar-refractivity contribution in [3.63, 3.8) is 0 Å². The van der Waals surface area contributed by atoms with Crippen LogP contribution in [-0.2, 0) is 6.54 Å². The Morgan fingerprint density at radius 1 is 1.18 bits per heavy atom. The number of hydrogen-bond acceptors (Lipinski definition) is 3. The fourth-order valence-electron chi connectivity index (χ4n) is 1.40. The highest BCUT2D eigenvalue weighted by molar-refractivity contribution is 9.10. The fraction of sp³-hybridized carbons (Fsp3) is 0.0769. The van der Waals surface area contributed by atoms with Gasteiger partial charge in [-0.15, -0.1) is 0 Å². The quantitative estimate of drug-likeness (QED) is 0.881. The minimum absolute atomic E-state index is 0.675. The minimum atomic E-state index is 0.675. The second kappa shape index (κ2) is 5.46. The zero-order valence-corrected chi connectivity index (χ0v) is 10.6. The minimum Gasteiger partial charge on any atom is -0.366 e. The van der Waals surface area contributed by atoms with E-state index in [1.54, 1.807) is 0 Å². The lowest BCUT2D eigenvalue weighted by atomic mass is 10.1. The molecule has 2 aromatic rings. The lowest BCUT2D eigenvalue weighted by molar-refractivity contribution is 1.10. The molecule has 0 aliphatic heterocycles. The number of nitrogens with zero attached hydrogens (tertiary/aromatic N) is 2. The smallest absolute Gasteiger partial charge is 0.127 e. The van der Waals surface area contributed by atoms with Crippen LogP contribution in [0.3, 0.4) is 0 Å². The molecule has 1 heterocycles. The van der Waals surface area contributed by atoms with E-state index in [-0.39, 0.29) is 0 Å². The standard InChI is InChI=1S/C13H10BrN3/c14-12-2-1-3-13(17-12)16-9-11-6-4-10(8-15)5-7-11/h1-7H,9H2,(H,16,17). The third-order valence-electron chi connectivity index (χ3n) is 2.27. The highest BCUT2D eigenvalue weighted by atomic mass is 79.9. The molecule has 0 spiro atoms. The summed E-state index contributed by atoms with van der Waals surface area (Å²) in [7, 11) is 0. The summed E-state index contributed by atoms with van der Waals surface area (Å²) in [5.74, 6) is 0.823. The molecule has 0 saturated heterocycles. The normalized spacial score (nSPS) is 9.65. The predicted octanol–water partition coefficient (Wildman–Crippen LogP) is 3.33. The molecule has 0 atom stereocenters. The van der Waals surface area contributed by atoms with Gasteiger partial charge in [-0.2, -0.15) is 5.26 Å². The van der Waals surface area contributed by atoms with Crippen molar-refractivity contribution >= 4 is 21.7 Å². The van der Waals surface area contributed by atoms with Crippen molar-refractivity contribution in [2.45, 2.75) is 6.54 Å². The number of rotatable bonds is 3. The average Bonchev–Trinajstić information content (AvgIpc) is 2.37. The van der Waals surface area contributed by atoms with Crippen LogP contribution in [0, 0.1) is 11.3 Å². The molecule has 0 unspecified atom stereocenters. The third kappa shape index (κ3) is 3.30. The van der Waals surface area contributed by atoms with Crippen molar-refractivity contribution in [3.8, 4) is 6.07 Å². The van der Waals surface area contributed by atoms with Crippen LogP contribution in [0.1, 0.15) is 11.1 Å². The van der Waals surface area contributed by atoms with Crippen molar-refractivity contribution < 1.29 is 0 Å². The maximum atomic E-state index is 8.69. The van der Waals surface area contributed by atoms with E-state index in [1.807, 2.05) is 42.5 Å². The molecule has 0 bridgehead atoms. The van der Waals surface area contributed by atoms with Crippen molar-refractivity contribution in [2.75, 3.05) is 5.32 Å². The molecular formula is C13H10BrN3. The molecule has 0 saturated carbocycles. The molecule has 17 heavy (non-hydrogen) atoms. The molecular weight excluding hydrogens is 278 g/mol. The summed E-state index contributed by atoms with van der Waals surface area (Å²) < 4.78 is 0.808. The molecule has 3 nitrogen and oxygen atoms in total. The summed E-state index contributed by atoms with van der Waals surface area (Å²) in [6, 6.07) is 15.3. The van der Waals surface area contributed by atoms with Crippen molar-refractivity contribution in [1.82, 2.24) is 4.98 Å². The van der Waals surface area contributed by atoms with Crippen molar-refractivity contribution in [2.24, 2.45) is 0 Å². The molecule has 2 rings (SSSR count). The Kier molecular flexibility index (Phi) is 3.73. The molecule has 0 aliphatic rings. The summed E-state index contributed by atoms with van der Waals surface area (Å²) in [6.07, 6.45) is 0. The van der Waals surface area contributed by atoms with E-state index >= 15 is 0 Å². The zero-order chi connectivity index (χ0) is 12.1. The molecule has 1 aromatic heterocycles. The van der Waals surface area contributed by atoms with E-state index < -0.39 is 0 Å². The van der Waals surface area contributed by atoms with Crippen LogP contribution in [0.2, 0.25) is 0 Å². The molecule has 0 fully saturated rings. The Bertz CT molecular complexity index is 543. The SMILES string of the molecule is N#Cc1ccc(CNc2cccc(Br)n2)cc1. The molecule has 0 amide bonds. The van der Waals surface area contributed by atoms with Crippen LogP contribution in [-0.4, -0.2) is 4.98 Å². The van der Waals surface area contributed by atoms with Crippen LogP contribution in [0.15, 0.2) is 47.1 Å². The maximum Gasteiger partial charge on any atom is 0.127 e. The highest BCUT2D eigenvalue weighted by Crippen LogP contribution is 2.11. The number of anilines is 1. The third-order valence-corrected chi connectivity index (χ3v) is 2.71. The topological polar surface area (TPSA) is 48.7 Å². The lowest BCUT2D eigenvalue weighted by Crippen LogP contribution is -2.01. The second-order valence-electron chi connectivity index (χ2n) is 3.51. The molecule has 4 heteroatoms. The van der Waals surface area contributed by atoms with Crippen molar-refractivity contribution in [3.05, 3.63) is 58.2 Å². The molecule has 0 radical (unpaired) electrons. The Balaban J connectivity index is 2.00. The molecule has 1 aromatic carbocycles. The van der Waals surface area contributed by atoms with Crippen LogP contribution < -0.4 is 5.32 Å². The summed E-state index contributed by atoms with van der Waals surface area (Å²) in [4.78, 5) is 4.28. The van der Waals surface area contributed by atoms with E-state index in [0.717, 1.165) is 16.0 Å². The van der Waals surface area contributed by atoms with Crippen LogP contribution >= 0.6 is 15.9 Å². The number of nitrogens with one attached hydrogen (secondary N) is 1. The Morgan fingerprint density at radius 3 is 2.59 bits per heavy atom. The van der Waals surface area contributed by atoms with Gasteiger partial charge in [0.15, 0.2) is 0 Å². The van der Waals surface area contributed by atoms with Gasteiger partial charge in [0, 0.05) is 6.54 Å². The molecule has 0 aliphatic carbocycles. The van der Waals surface area contributed by atoms with E-state index in [9.17, 15) is 0 Å². The Labute approximate surface area is 108 Å². The van der Waals surface area contributed by atoms with Gasteiger partial charge in [0.05, 0.1) is 11.6 Å². The van der Waals surface area contributed by atoms with Gasteiger partial charge in [-0.3, -0.25) is 0 Å². The Morgan fingerprint density at radius 2 is 1.94 bits per heavy atom. The molecule has 1 N–H and O–H groups in total. The lowest BCUT2D eigenvalue weighted by Gasteiger charge is -2.05. The van der Waals surface area contributed by atoms with Gasteiger partial charge >= 0.3 is 0 Å². The number of aromatic nitrogens is 1. The first-order valence-electron chi connectivity index (χ1n) is 5.13. The summed E-state index contributed by atoms with van der Waals surface area (Å²) in [6.45, 7) is 0.690. The fourth-order valence-corrected chi connectivity index (χ4v) is 1.74. The summed E-state index contributed by atoms with van der Waals surface area (Å²) in [5.41, 5.74) is 1.79. The second-order valence-corrected chi connectivity index (χ2v) is 4.32. The first-order chi connectivity index (χ1) is 8.28. The van der Waals surface area contributed by atoms with Crippen LogP contribution in [0.5, 0.6) is 0 Å². The summed E-state index contributed by atoms with van der Waals surface area (Å²) in [5, 5.41) is 11.9. The summed E-state index contributed by atoms with van der Waals surface area (Å²) >= 11 is 3.32. The largest absolute Gasteiger partial charge is 0.366 e. The van der Waals surface area contributed by atoms with Gasteiger partial charge in [0.2, 0.25) is 0 Å². The van der Waals surface area contributed by atoms with E-state index in [2.05, 4.69) is 32.3 Å². The van der Waals surface area contributed by atoms with E-state index in [4.69, 9.17) is 5.26 Å². The van der Waals surface area contributed by atoms with Crippen molar-refractivity contribution in [1.29, 1.82) is 5.26 Å². The Hall–Kier alpha value is -1.86. The zero-order valence-electron chi connectivity index (χ0n) is 9.02. The first kappa shape index (κ1) is 11.6. The number of nitriles is 1. The van der Waals surface area contributed by atoms with Gasteiger partial charge in [-0.1, -0.05) is 18.2 Å². The van der Waals surface area contributed by atoms with Gasteiger partial charge in [-0.05, 0) is 45.8 Å². The number of halogens is 1. The van der Waals surface area contributed by atoms with Crippen LogP contribution in [0.4, 0.5) is 5.82 Å². The van der Waals surface area contributed by atoms with Gasteiger partial charge < -0.3 is 5.32 Å². The van der Waals surface area contributed by atoms with Gasteiger partial charge in [0.1, 0.15) is 10.4 Å².